The first-order chi connectivity index (χ1) is 17.0. The predicted octanol–water partition coefficient (Wildman–Crippen LogP) is 5.90. The van der Waals surface area contributed by atoms with Gasteiger partial charge in [0.2, 0.25) is 5.91 Å². The number of amides is 2. The van der Waals surface area contributed by atoms with Crippen molar-refractivity contribution in [2.24, 2.45) is 11.8 Å². The third-order valence-corrected chi connectivity index (χ3v) is 9.48. The number of carbonyl (C=O) groups is 2. The quantitative estimate of drug-likeness (QED) is 0.482. The average Bonchev–Trinajstić information content (AvgIpc) is 2.88. The molecule has 0 spiro atoms. The molecule has 35 heavy (non-hydrogen) atoms. The van der Waals surface area contributed by atoms with E-state index < -0.39 is 0 Å². The molecular weight excluding hydrogens is 476 g/mol. The van der Waals surface area contributed by atoms with E-state index in [9.17, 15) is 9.59 Å². The van der Waals surface area contributed by atoms with E-state index >= 15 is 0 Å². The minimum atomic E-state index is 0.0243. The molecule has 3 unspecified atom stereocenters. The first kappa shape index (κ1) is 24.5. The molecule has 184 valence electrons. The molecule has 0 bridgehead atoms. The molecule has 2 saturated heterocycles. The third kappa shape index (κ3) is 5.62. The van der Waals surface area contributed by atoms with E-state index in [0.717, 1.165) is 62.1 Å². The minimum absolute atomic E-state index is 0.0243. The number of nitrogens with zero attached hydrogens (tertiary/aromatic N) is 2. The van der Waals surface area contributed by atoms with Crippen LogP contribution in [0.4, 0.5) is 0 Å². The van der Waals surface area contributed by atoms with Gasteiger partial charge in [0, 0.05) is 42.4 Å². The van der Waals surface area contributed by atoms with Gasteiger partial charge in [0.1, 0.15) is 0 Å². The molecule has 3 atom stereocenters. The number of hydrogen-bond donors (Lipinski definition) is 0. The maximum absolute atomic E-state index is 13.4. The summed E-state index contributed by atoms with van der Waals surface area (Å²) in [5.74, 6) is 1.02. The number of fused-ring (bicyclic) bond motifs is 1. The number of rotatable bonds is 4. The molecule has 5 rings (SSSR count). The third-order valence-electron chi connectivity index (χ3n) is 7.85. The summed E-state index contributed by atoms with van der Waals surface area (Å²) in [5.41, 5.74) is 2.33. The van der Waals surface area contributed by atoms with E-state index in [-0.39, 0.29) is 17.9 Å². The highest BCUT2D eigenvalue weighted by Gasteiger charge is 2.43. The van der Waals surface area contributed by atoms with Crippen LogP contribution in [0.3, 0.4) is 0 Å². The second-order valence-electron chi connectivity index (χ2n) is 10.2. The van der Waals surface area contributed by atoms with Gasteiger partial charge < -0.3 is 9.80 Å². The Bertz CT molecular complexity index is 1100. The molecule has 0 aromatic heterocycles. The summed E-state index contributed by atoms with van der Waals surface area (Å²) in [5, 5.41) is 1.01. The van der Waals surface area contributed by atoms with E-state index in [2.05, 4.69) is 35.2 Å². The molecule has 1 aliphatic carbocycles. The van der Waals surface area contributed by atoms with Crippen molar-refractivity contribution < 1.29 is 9.59 Å². The zero-order valence-electron chi connectivity index (χ0n) is 20.2. The monoisotopic (exact) mass is 508 g/mol. The molecule has 1 saturated carbocycles. The van der Waals surface area contributed by atoms with Crippen LogP contribution in [-0.2, 0) is 16.0 Å². The second kappa shape index (κ2) is 10.8. The fourth-order valence-electron chi connectivity index (χ4n) is 5.83. The maximum atomic E-state index is 13.4. The summed E-state index contributed by atoms with van der Waals surface area (Å²) in [6, 6.07) is 18.4. The summed E-state index contributed by atoms with van der Waals surface area (Å²) < 4.78 is 0. The largest absolute Gasteiger partial charge is 0.342 e. The molecule has 2 aliphatic heterocycles. The van der Waals surface area contributed by atoms with Crippen LogP contribution in [0.25, 0.3) is 6.08 Å². The molecule has 3 aliphatic rings. The highest BCUT2D eigenvalue weighted by atomic mass is 35.5. The van der Waals surface area contributed by atoms with Gasteiger partial charge in [-0.1, -0.05) is 54.1 Å². The minimum Gasteiger partial charge on any atom is -0.342 e. The lowest BCUT2D eigenvalue weighted by Crippen LogP contribution is -2.53. The van der Waals surface area contributed by atoms with Gasteiger partial charge in [-0.15, -0.1) is 11.8 Å². The summed E-state index contributed by atoms with van der Waals surface area (Å²) >= 11 is 7.81. The Labute approximate surface area is 217 Å². The Hall–Kier alpha value is -2.24. The van der Waals surface area contributed by atoms with Gasteiger partial charge in [0.25, 0.3) is 5.91 Å². The fourth-order valence-corrected chi connectivity index (χ4v) is 7.51. The highest BCUT2D eigenvalue weighted by molar-refractivity contribution is 8.04. The molecule has 2 aromatic carbocycles. The zero-order valence-corrected chi connectivity index (χ0v) is 21.8. The van der Waals surface area contributed by atoms with Crippen molar-refractivity contribution >= 4 is 41.3 Å². The van der Waals surface area contributed by atoms with Crippen LogP contribution >= 0.6 is 23.4 Å². The molecule has 0 radical (unpaired) electrons. The van der Waals surface area contributed by atoms with Crippen molar-refractivity contribution in [3.8, 4) is 0 Å². The number of likely N-dealkylation sites (tertiary alicyclic amines) is 1. The molecular formula is C29H33ClN2O2S. The van der Waals surface area contributed by atoms with Gasteiger partial charge in [-0.2, -0.15) is 0 Å². The summed E-state index contributed by atoms with van der Waals surface area (Å²) in [6.45, 7) is 1.72. The van der Waals surface area contributed by atoms with Crippen molar-refractivity contribution in [2.75, 3.05) is 20.1 Å². The number of benzene rings is 2. The summed E-state index contributed by atoms with van der Waals surface area (Å²) in [7, 11) is 1.90. The second-order valence-corrected chi connectivity index (χ2v) is 11.9. The highest BCUT2D eigenvalue weighted by Crippen LogP contribution is 2.43. The molecule has 3 fully saturated rings. The van der Waals surface area contributed by atoms with Gasteiger partial charge in [0.05, 0.1) is 4.91 Å². The molecule has 4 nitrogen and oxygen atoms in total. The van der Waals surface area contributed by atoms with Gasteiger partial charge in [-0.05, 0) is 73.8 Å². The topological polar surface area (TPSA) is 40.6 Å². The number of thioether (sulfide) groups is 1. The van der Waals surface area contributed by atoms with E-state index in [1.165, 1.54) is 5.56 Å². The number of hydrogen-bond acceptors (Lipinski definition) is 3. The Morgan fingerprint density at radius 3 is 2.57 bits per heavy atom. The van der Waals surface area contributed by atoms with Crippen LogP contribution < -0.4 is 0 Å². The average molecular weight is 509 g/mol. The van der Waals surface area contributed by atoms with Crippen LogP contribution in [-0.4, -0.2) is 53.0 Å². The molecule has 2 amide bonds. The Morgan fingerprint density at radius 2 is 1.83 bits per heavy atom. The SMILES string of the molecule is CN1C(=O)/C(=C/c2cccc(Cl)c2)SC2CCC(C(=O)N3CCC(Cc4ccccc4)CC3)CC21. The van der Waals surface area contributed by atoms with Gasteiger partial charge in [-0.3, -0.25) is 9.59 Å². The maximum Gasteiger partial charge on any atom is 0.260 e. The van der Waals surface area contributed by atoms with Crippen molar-refractivity contribution in [3.63, 3.8) is 0 Å². The van der Waals surface area contributed by atoms with Crippen molar-refractivity contribution in [2.45, 2.75) is 49.8 Å². The fraction of sp³-hybridized carbons (Fsp3) is 0.448. The van der Waals surface area contributed by atoms with Crippen LogP contribution in [0.15, 0.2) is 59.5 Å². The van der Waals surface area contributed by atoms with E-state index in [0.29, 0.717) is 22.1 Å². The summed E-state index contributed by atoms with van der Waals surface area (Å²) in [4.78, 5) is 31.3. The smallest absolute Gasteiger partial charge is 0.260 e. The van der Waals surface area contributed by atoms with Crippen molar-refractivity contribution in [1.29, 1.82) is 0 Å². The summed E-state index contributed by atoms with van der Waals surface area (Å²) in [6.07, 6.45) is 7.83. The lowest BCUT2D eigenvalue weighted by Gasteiger charge is -2.45. The number of halogens is 1. The Morgan fingerprint density at radius 1 is 1.06 bits per heavy atom. The number of carbonyl (C=O) groups excluding carboxylic acids is 2. The van der Waals surface area contributed by atoms with E-state index in [1.54, 1.807) is 11.8 Å². The molecule has 6 heteroatoms. The Balaban J connectivity index is 1.17. The van der Waals surface area contributed by atoms with Crippen LogP contribution in [0.1, 0.15) is 43.2 Å². The van der Waals surface area contributed by atoms with E-state index in [1.807, 2.05) is 42.3 Å². The predicted molar refractivity (Wildman–Crippen MR) is 144 cm³/mol. The zero-order chi connectivity index (χ0) is 24.4. The van der Waals surface area contributed by atoms with Crippen LogP contribution in [0.5, 0.6) is 0 Å². The van der Waals surface area contributed by atoms with Gasteiger partial charge in [0.15, 0.2) is 0 Å². The van der Waals surface area contributed by atoms with Gasteiger partial charge >= 0.3 is 0 Å². The molecule has 0 N–H and O–H groups in total. The van der Waals surface area contributed by atoms with Crippen molar-refractivity contribution in [3.05, 3.63) is 75.7 Å². The lowest BCUT2D eigenvalue weighted by molar-refractivity contribution is -0.140. The van der Waals surface area contributed by atoms with E-state index in [4.69, 9.17) is 11.6 Å². The lowest BCUT2D eigenvalue weighted by atomic mass is 9.82. The number of likely N-dealkylation sites (N-methyl/N-ethyl adjacent to an activating group) is 1. The van der Waals surface area contributed by atoms with Crippen LogP contribution in [0.2, 0.25) is 5.02 Å². The standard InChI is InChI=1S/C29H33ClN2O2S/c1-31-25-19-23(28(33)32-14-12-21(13-15-32)16-20-6-3-2-4-7-20)10-11-26(25)35-27(29(31)34)18-22-8-5-9-24(30)17-22/h2-9,17-18,21,23,25-26H,10-16,19H2,1H3/b27-18-. The molecule has 2 heterocycles. The van der Waals surface area contributed by atoms with Crippen molar-refractivity contribution in [1.82, 2.24) is 9.80 Å². The first-order valence-corrected chi connectivity index (χ1v) is 14.0. The first-order valence-electron chi connectivity index (χ1n) is 12.7. The van der Waals surface area contributed by atoms with Gasteiger partial charge in [-0.25, -0.2) is 0 Å². The van der Waals surface area contributed by atoms with Crippen LogP contribution in [0, 0.1) is 11.8 Å². The Kier molecular flexibility index (Phi) is 7.54. The normalized spacial score (nSPS) is 26.6. The number of piperidine rings is 1. The molecule has 2 aromatic rings.